The molecule has 1 aromatic heterocycles. The van der Waals surface area contributed by atoms with Crippen LogP contribution in [0.25, 0.3) is 0 Å². The number of carbonyl (C=O) groups is 3. The van der Waals surface area contributed by atoms with Gasteiger partial charge in [-0.3, -0.25) is 19.3 Å². The van der Waals surface area contributed by atoms with E-state index in [9.17, 15) is 14.4 Å². The monoisotopic (exact) mass is 485 g/mol. The summed E-state index contributed by atoms with van der Waals surface area (Å²) >= 11 is 1.54. The molecule has 2 aromatic rings. The number of benzene rings is 1. The summed E-state index contributed by atoms with van der Waals surface area (Å²) in [6.07, 6.45) is 4.94. The maximum absolute atomic E-state index is 13.9. The van der Waals surface area contributed by atoms with Crippen molar-refractivity contribution in [2.75, 3.05) is 33.9 Å². The molecule has 34 heavy (non-hydrogen) atoms. The molecule has 4 rings (SSSR count). The van der Waals surface area contributed by atoms with E-state index in [2.05, 4.69) is 4.98 Å². The van der Waals surface area contributed by atoms with E-state index >= 15 is 0 Å². The molecule has 0 radical (unpaired) electrons. The van der Waals surface area contributed by atoms with E-state index in [1.807, 2.05) is 22.4 Å². The molecular weight excluding hydrogens is 454 g/mol. The molecule has 0 N–H and O–H groups in total. The quantitative estimate of drug-likeness (QED) is 0.400. The van der Waals surface area contributed by atoms with Crippen molar-refractivity contribution < 1.29 is 23.9 Å². The summed E-state index contributed by atoms with van der Waals surface area (Å²) < 4.78 is 10.7. The van der Waals surface area contributed by atoms with E-state index in [0.29, 0.717) is 30.9 Å². The molecule has 0 bridgehead atoms. The van der Waals surface area contributed by atoms with Crippen molar-refractivity contribution in [3.05, 3.63) is 46.4 Å². The second-order valence-corrected chi connectivity index (χ2v) is 9.73. The number of imide groups is 1. The van der Waals surface area contributed by atoms with Crippen molar-refractivity contribution in [1.29, 1.82) is 0 Å². The summed E-state index contributed by atoms with van der Waals surface area (Å²) in [5.74, 6) is -0.236. The minimum absolute atomic E-state index is 0.0549. The fourth-order valence-corrected chi connectivity index (χ4v) is 5.91. The first kappa shape index (κ1) is 24.3. The van der Waals surface area contributed by atoms with Gasteiger partial charge in [0.15, 0.2) is 0 Å². The number of likely N-dealkylation sites (tertiary alicyclic amines) is 2. The lowest BCUT2D eigenvalue weighted by molar-refractivity contribution is -0.144. The highest BCUT2D eigenvalue weighted by atomic mass is 32.1. The van der Waals surface area contributed by atoms with Crippen molar-refractivity contribution in [3.8, 4) is 5.75 Å². The summed E-state index contributed by atoms with van der Waals surface area (Å²) in [6.45, 7) is 1.33. The SMILES string of the molecule is COCCCN1C(=O)CC(CC(=O)N2CCCCC2c2nccs2)(c2ccccc2OC)C1=O. The zero-order chi connectivity index (χ0) is 24.1. The Labute approximate surface area is 203 Å². The van der Waals surface area contributed by atoms with E-state index in [4.69, 9.17) is 9.47 Å². The molecule has 0 aliphatic carbocycles. The predicted octanol–water partition coefficient (Wildman–Crippen LogP) is 3.33. The van der Waals surface area contributed by atoms with E-state index in [1.54, 1.807) is 36.8 Å². The topological polar surface area (TPSA) is 89.0 Å². The van der Waals surface area contributed by atoms with Gasteiger partial charge in [0.2, 0.25) is 17.7 Å². The molecule has 0 spiro atoms. The Balaban J connectivity index is 1.69. The van der Waals surface area contributed by atoms with Crippen LogP contribution < -0.4 is 4.74 Å². The Morgan fingerprint density at radius 3 is 2.79 bits per heavy atom. The molecule has 2 unspecified atom stereocenters. The van der Waals surface area contributed by atoms with Gasteiger partial charge in [0, 0.05) is 56.8 Å². The van der Waals surface area contributed by atoms with E-state index < -0.39 is 5.41 Å². The Morgan fingerprint density at radius 2 is 2.06 bits per heavy atom. The number of methoxy groups -OCH3 is 2. The first-order chi connectivity index (χ1) is 16.5. The maximum atomic E-state index is 13.9. The van der Waals surface area contributed by atoms with Crippen molar-refractivity contribution in [1.82, 2.24) is 14.8 Å². The first-order valence-electron chi connectivity index (χ1n) is 11.7. The smallest absolute Gasteiger partial charge is 0.241 e. The van der Waals surface area contributed by atoms with Crippen LogP contribution in [-0.2, 0) is 24.5 Å². The van der Waals surface area contributed by atoms with Crippen LogP contribution in [0.1, 0.15) is 55.1 Å². The molecule has 2 saturated heterocycles. The highest BCUT2D eigenvalue weighted by Gasteiger charge is 2.55. The van der Waals surface area contributed by atoms with Crippen LogP contribution in [0.2, 0.25) is 0 Å². The normalized spacial score (nSPS) is 22.9. The van der Waals surface area contributed by atoms with Crippen LogP contribution in [0.15, 0.2) is 35.8 Å². The molecule has 9 heteroatoms. The van der Waals surface area contributed by atoms with Gasteiger partial charge in [-0.2, -0.15) is 0 Å². The van der Waals surface area contributed by atoms with Crippen molar-refractivity contribution in [3.63, 3.8) is 0 Å². The average molecular weight is 486 g/mol. The molecule has 182 valence electrons. The number of carbonyl (C=O) groups excluding carboxylic acids is 3. The molecule has 8 nitrogen and oxygen atoms in total. The number of hydrogen-bond donors (Lipinski definition) is 0. The fourth-order valence-electron chi connectivity index (χ4n) is 5.12. The van der Waals surface area contributed by atoms with E-state index in [-0.39, 0.29) is 43.1 Å². The standard InChI is InChI=1S/C25H31N3O5S/c1-32-14-7-13-28-22(30)17-25(24(28)31,18-8-3-4-10-20(18)33-2)16-21(29)27-12-6-5-9-19(27)23-26-11-15-34-23/h3-4,8,10-11,15,19H,5-7,9,12-14,16-17H2,1-2H3. The number of hydrogen-bond acceptors (Lipinski definition) is 7. The number of rotatable bonds is 9. The Kier molecular flexibility index (Phi) is 7.63. The van der Waals surface area contributed by atoms with Gasteiger partial charge in [-0.15, -0.1) is 11.3 Å². The van der Waals surface area contributed by atoms with Crippen LogP contribution in [-0.4, -0.2) is 66.4 Å². The third-order valence-electron chi connectivity index (χ3n) is 6.77. The molecule has 0 saturated carbocycles. The van der Waals surface area contributed by atoms with Crippen molar-refractivity contribution in [2.24, 2.45) is 0 Å². The molecule has 3 heterocycles. The Morgan fingerprint density at radius 1 is 1.24 bits per heavy atom. The summed E-state index contributed by atoms with van der Waals surface area (Å²) in [5.41, 5.74) is -0.708. The number of aromatic nitrogens is 1. The second kappa shape index (κ2) is 10.7. The number of ether oxygens (including phenoxy) is 2. The molecule has 2 aliphatic heterocycles. The lowest BCUT2D eigenvalue weighted by atomic mass is 9.75. The van der Waals surface area contributed by atoms with Crippen LogP contribution in [0, 0.1) is 0 Å². The molecule has 3 amide bonds. The minimum atomic E-state index is -1.29. The Hall–Kier alpha value is -2.78. The molecule has 2 fully saturated rings. The third kappa shape index (κ3) is 4.59. The van der Waals surface area contributed by atoms with Crippen LogP contribution >= 0.6 is 11.3 Å². The minimum Gasteiger partial charge on any atom is -0.496 e. The lowest BCUT2D eigenvalue weighted by Gasteiger charge is -2.37. The summed E-state index contributed by atoms with van der Waals surface area (Å²) in [4.78, 5) is 48.3. The molecule has 2 aliphatic rings. The molecular formula is C25H31N3O5S. The summed E-state index contributed by atoms with van der Waals surface area (Å²) in [5, 5.41) is 2.83. The molecule has 1 aromatic carbocycles. The second-order valence-electron chi connectivity index (χ2n) is 8.80. The highest BCUT2D eigenvalue weighted by molar-refractivity contribution is 7.09. The van der Waals surface area contributed by atoms with Gasteiger partial charge in [0.1, 0.15) is 10.8 Å². The van der Waals surface area contributed by atoms with Gasteiger partial charge >= 0.3 is 0 Å². The predicted molar refractivity (Wildman–Crippen MR) is 128 cm³/mol. The van der Waals surface area contributed by atoms with Crippen LogP contribution in [0.4, 0.5) is 0 Å². The van der Waals surface area contributed by atoms with Gasteiger partial charge in [-0.25, -0.2) is 4.98 Å². The van der Waals surface area contributed by atoms with Crippen molar-refractivity contribution >= 4 is 29.1 Å². The van der Waals surface area contributed by atoms with Gasteiger partial charge < -0.3 is 14.4 Å². The molecule has 2 atom stereocenters. The van der Waals surface area contributed by atoms with Gasteiger partial charge in [0.05, 0.1) is 18.6 Å². The summed E-state index contributed by atoms with van der Waals surface area (Å²) in [7, 11) is 3.12. The number of thiazole rings is 1. The number of para-hydroxylation sites is 1. The van der Waals surface area contributed by atoms with Crippen LogP contribution in [0.5, 0.6) is 5.75 Å². The lowest BCUT2D eigenvalue weighted by Crippen LogP contribution is -2.46. The van der Waals surface area contributed by atoms with E-state index in [0.717, 1.165) is 24.3 Å². The average Bonchev–Trinajstić information content (AvgIpc) is 3.47. The van der Waals surface area contributed by atoms with Gasteiger partial charge in [-0.05, 0) is 31.7 Å². The largest absolute Gasteiger partial charge is 0.496 e. The third-order valence-corrected chi connectivity index (χ3v) is 7.65. The Bertz CT molecular complexity index is 1030. The number of amides is 3. The fraction of sp³-hybridized carbons (Fsp3) is 0.520. The van der Waals surface area contributed by atoms with E-state index in [1.165, 1.54) is 12.0 Å². The van der Waals surface area contributed by atoms with Crippen molar-refractivity contribution in [2.45, 2.75) is 50.0 Å². The number of nitrogens with zero attached hydrogens (tertiary/aromatic N) is 3. The first-order valence-corrected chi connectivity index (χ1v) is 12.6. The zero-order valence-corrected chi connectivity index (χ0v) is 20.5. The summed E-state index contributed by atoms with van der Waals surface area (Å²) in [6, 6.07) is 7.10. The van der Waals surface area contributed by atoms with Gasteiger partial charge in [0.25, 0.3) is 0 Å². The number of piperidine rings is 1. The zero-order valence-electron chi connectivity index (χ0n) is 19.7. The van der Waals surface area contributed by atoms with Crippen LogP contribution in [0.3, 0.4) is 0 Å². The maximum Gasteiger partial charge on any atom is 0.241 e. The highest BCUT2D eigenvalue weighted by Crippen LogP contribution is 2.45. The van der Waals surface area contributed by atoms with Gasteiger partial charge in [-0.1, -0.05) is 18.2 Å².